The van der Waals surface area contributed by atoms with Crippen LogP contribution in [0, 0.1) is 40.8 Å². The average molecular weight is 472 g/mol. The molecule has 0 amide bonds. The summed E-state index contributed by atoms with van der Waals surface area (Å²) in [6.45, 7) is 1.94. The van der Waals surface area contributed by atoms with E-state index in [0.717, 1.165) is 50.5 Å². The van der Waals surface area contributed by atoms with Gasteiger partial charge in [-0.2, -0.15) is 15.0 Å². The smallest absolute Gasteiger partial charge is 0.125 e. The predicted molar refractivity (Wildman–Crippen MR) is 125 cm³/mol. The quantitative estimate of drug-likeness (QED) is 0.561. The zero-order chi connectivity index (χ0) is 23.7. The van der Waals surface area contributed by atoms with E-state index in [1.807, 2.05) is 0 Å². The van der Waals surface area contributed by atoms with Gasteiger partial charge in [-0.1, -0.05) is 6.92 Å². The second kappa shape index (κ2) is 8.00. The Bertz CT molecular complexity index is 1130. The lowest BCUT2D eigenvalue weighted by Crippen LogP contribution is -2.51. The summed E-state index contributed by atoms with van der Waals surface area (Å²) < 4.78 is 26.9. The largest absolute Gasteiger partial charge is 0.510 e. The van der Waals surface area contributed by atoms with Crippen molar-refractivity contribution in [3.05, 3.63) is 35.3 Å². The fraction of sp³-hybridized carbons (Fsp3) is 0.704. The molecule has 2 aromatic rings. The highest BCUT2D eigenvalue weighted by Crippen LogP contribution is 2.64. The molecule has 0 radical (unpaired) electrons. The summed E-state index contributed by atoms with van der Waals surface area (Å²) in [5, 5.41) is 30.5. The first-order valence-electron chi connectivity index (χ1n) is 13.0. The molecule has 4 fully saturated rings. The molecule has 0 aliphatic heterocycles. The van der Waals surface area contributed by atoms with E-state index in [4.69, 9.17) is 0 Å². The molecule has 4 aliphatic carbocycles. The molecule has 184 valence electrons. The van der Waals surface area contributed by atoms with Crippen molar-refractivity contribution in [2.75, 3.05) is 6.67 Å². The number of hydrogen-bond donors (Lipinski definition) is 2. The Balaban J connectivity index is 1.22. The number of rotatable bonds is 3. The summed E-state index contributed by atoms with van der Waals surface area (Å²) >= 11 is 0. The van der Waals surface area contributed by atoms with Crippen molar-refractivity contribution in [2.24, 2.45) is 35.0 Å². The lowest BCUT2D eigenvalue weighted by molar-refractivity contribution is -0.104. The van der Waals surface area contributed by atoms with Crippen molar-refractivity contribution in [3.63, 3.8) is 0 Å². The van der Waals surface area contributed by atoms with E-state index in [-0.39, 0.29) is 17.8 Å². The Kier molecular flexibility index (Phi) is 5.28. The Labute approximate surface area is 199 Å². The van der Waals surface area contributed by atoms with Gasteiger partial charge < -0.3 is 10.2 Å². The van der Waals surface area contributed by atoms with Gasteiger partial charge in [0.2, 0.25) is 0 Å². The van der Waals surface area contributed by atoms with Crippen molar-refractivity contribution in [1.82, 2.24) is 15.0 Å². The standard InChI is InChI=1S/C27H35F2N3O2/c1-26-10-8-19-18-9-11-27(34,15-28)13-16(18)2-4-20(19)21(26)5-6-22(26)25(33)14-32-30-23-7-3-17(29)12-24(23)31-32/h3,7,12,16,18-21,33-34H,2,4-6,8-11,13-15H2,1H3/b25-22+/t16?,18-,19+,20+,21-,26-,27+/m0/s1. The SMILES string of the molecule is C[C@]12CC[C@H]3[C@@H](CCC4C[C@@](O)(CF)CC[C@@H]43)[C@@H]1CC/C2=C(\O)Cn1nc2ccc(F)cc2n1. The number of halogens is 2. The van der Waals surface area contributed by atoms with Gasteiger partial charge in [-0.25, -0.2) is 8.78 Å². The van der Waals surface area contributed by atoms with Crippen molar-refractivity contribution in [3.8, 4) is 0 Å². The zero-order valence-electron chi connectivity index (χ0n) is 19.9. The van der Waals surface area contributed by atoms with Crippen LogP contribution in [-0.2, 0) is 6.54 Å². The topological polar surface area (TPSA) is 71.2 Å². The Morgan fingerprint density at radius 1 is 1.06 bits per heavy atom. The molecule has 34 heavy (non-hydrogen) atoms. The van der Waals surface area contributed by atoms with Gasteiger partial charge in [0.25, 0.3) is 0 Å². The van der Waals surface area contributed by atoms with Crippen LogP contribution in [0.2, 0.25) is 0 Å². The highest BCUT2D eigenvalue weighted by molar-refractivity contribution is 5.73. The molecule has 5 nitrogen and oxygen atoms in total. The number of alkyl halides is 1. The maximum absolute atomic E-state index is 13.5. The first kappa shape index (κ1) is 22.4. The molecule has 1 aromatic heterocycles. The predicted octanol–water partition coefficient (Wildman–Crippen LogP) is 5.74. The van der Waals surface area contributed by atoms with Gasteiger partial charge in [0, 0.05) is 6.07 Å². The van der Waals surface area contributed by atoms with Gasteiger partial charge in [0.1, 0.15) is 35.8 Å². The number of aromatic nitrogens is 3. The van der Waals surface area contributed by atoms with Crippen LogP contribution in [0.5, 0.6) is 0 Å². The molecule has 0 bridgehead atoms. The highest BCUT2D eigenvalue weighted by atomic mass is 19.1. The van der Waals surface area contributed by atoms with Crippen molar-refractivity contribution in [1.29, 1.82) is 0 Å². The fourth-order valence-corrected chi connectivity index (χ4v) is 8.60. The first-order valence-corrected chi connectivity index (χ1v) is 13.0. The van der Waals surface area contributed by atoms with E-state index in [9.17, 15) is 19.0 Å². The zero-order valence-corrected chi connectivity index (χ0v) is 19.9. The highest BCUT2D eigenvalue weighted by Gasteiger charge is 2.57. The van der Waals surface area contributed by atoms with Crippen LogP contribution < -0.4 is 0 Å². The van der Waals surface area contributed by atoms with E-state index in [1.165, 1.54) is 16.9 Å². The number of allylic oxidation sites excluding steroid dienone is 2. The molecule has 0 saturated heterocycles. The Hall–Kier alpha value is -2.02. The van der Waals surface area contributed by atoms with Crippen molar-refractivity contribution < 1.29 is 19.0 Å². The van der Waals surface area contributed by atoms with Gasteiger partial charge in [0.15, 0.2) is 0 Å². The monoisotopic (exact) mass is 471 g/mol. The van der Waals surface area contributed by atoms with Crippen LogP contribution in [0.25, 0.3) is 11.0 Å². The van der Waals surface area contributed by atoms with Crippen LogP contribution in [0.4, 0.5) is 8.78 Å². The molecule has 1 heterocycles. The maximum Gasteiger partial charge on any atom is 0.125 e. The minimum atomic E-state index is -1.09. The summed E-state index contributed by atoms with van der Waals surface area (Å²) in [7, 11) is 0. The fourth-order valence-electron chi connectivity index (χ4n) is 8.60. The van der Waals surface area contributed by atoms with Crippen LogP contribution in [0.1, 0.15) is 64.7 Å². The summed E-state index contributed by atoms with van der Waals surface area (Å²) in [4.78, 5) is 1.48. The minimum Gasteiger partial charge on any atom is -0.510 e. The van der Waals surface area contributed by atoms with Gasteiger partial charge in [0.05, 0.1) is 5.60 Å². The molecule has 7 atom stereocenters. The summed E-state index contributed by atoms with van der Waals surface area (Å²) in [6, 6.07) is 4.36. The molecule has 7 heteroatoms. The third-order valence-corrected chi connectivity index (χ3v) is 10.2. The van der Waals surface area contributed by atoms with E-state index in [1.54, 1.807) is 6.07 Å². The molecule has 4 saturated carbocycles. The number of nitrogens with zero attached hydrogens (tertiary/aromatic N) is 3. The van der Waals surface area contributed by atoms with E-state index in [2.05, 4.69) is 17.1 Å². The lowest BCUT2D eigenvalue weighted by atomic mass is 9.49. The van der Waals surface area contributed by atoms with E-state index >= 15 is 0 Å². The normalized spacial score (nSPS) is 41.1. The maximum atomic E-state index is 13.5. The van der Waals surface area contributed by atoms with Gasteiger partial charge in [-0.15, -0.1) is 0 Å². The second-order valence-corrected chi connectivity index (χ2v) is 11.8. The van der Waals surface area contributed by atoms with Gasteiger partial charge >= 0.3 is 0 Å². The molecule has 1 aromatic carbocycles. The third kappa shape index (κ3) is 3.49. The van der Waals surface area contributed by atoms with Crippen LogP contribution in [0.3, 0.4) is 0 Å². The molecule has 2 N–H and O–H groups in total. The lowest BCUT2D eigenvalue weighted by Gasteiger charge is -2.56. The Morgan fingerprint density at radius 3 is 2.68 bits per heavy atom. The van der Waals surface area contributed by atoms with E-state index in [0.29, 0.717) is 59.2 Å². The molecular weight excluding hydrogens is 436 g/mol. The molecule has 0 spiro atoms. The summed E-state index contributed by atoms with van der Waals surface area (Å²) in [6.07, 6.45) is 8.62. The second-order valence-electron chi connectivity index (χ2n) is 11.8. The van der Waals surface area contributed by atoms with Crippen molar-refractivity contribution in [2.45, 2.75) is 76.9 Å². The summed E-state index contributed by atoms with van der Waals surface area (Å²) in [5.74, 6) is 2.96. The number of aliphatic hydroxyl groups excluding tert-OH is 1. The minimum absolute atomic E-state index is 0.00882. The molecular formula is C27H35F2N3O2. The van der Waals surface area contributed by atoms with Crippen LogP contribution >= 0.6 is 0 Å². The van der Waals surface area contributed by atoms with Gasteiger partial charge in [-0.3, -0.25) is 0 Å². The third-order valence-electron chi connectivity index (χ3n) is 10.2. The number of benzene rings is 1. The first-order chi connectivity index (χ1) is 16.3. The van der Waals surface area contributed by atoms with Crippen LogP contribution in [0.15, 0.2) is 29.5 Å². The number of fused-ring (bicyclic) bond motifs is 6. The number of hydrogen-bond acceptors (Lipinski definition) is 4. The molecule has 4 aliphatic rings. The number of aliphatic hydroxyl groups is 2. The molecule has 1 unspecified atom stereocenters. The van der Waals surface area contributed by atoms with E-state index < -0.39 is 12.3 Å². The Morgan fingerprint density at radius 2 is 1.85 bits per heavy atom. The average Bonchev–Trinajstić information content (AvgIpc) is 3.38. The molecule has 6 rings (SSSR count). The van der Waals surface area contributed by atoms with Gasteiger partial charge in [-0.05, 0) is 110 Å². The van der Waals surface area contributed by atoms with Crippen molar-refractivity contribution >= 4 is 11.0 Å². The van der Waals surface area contributed by atoms with Crippen LogP contribution in [-0.4, -0.2) is 37.5 Å². The summed E-state index contributed by atoms with van der Waals surface area (Å²) in [5.41, 5.74) is 1.17.